The number of rotatable bonds is 5. The molecular weight excluding hydrogens is 552 g/mol. The molecule has 0 unspecified atom stereocenters. The Morgan fingerprint density at radius 1 is 1.21 bits per heavy atom. The van der Waals surface area contributed by atoms with Crippen molar-refractivity contribution in [3.8, 4) is 0 Å². The Morgan fingerprint density at radius 2 is 1.82 bits per heavy atom. The van der Waals surface area contributed by atoms with Gasteiger partial charge in [0, 0.05) is 13.0 Å². The molecule has 1 aromatic carbocycles. The van der Waals surface area contributed by atoms with Crippen LogP contribution in [0.25, 0.3) is 11.0 Å². The molecule has 184 valence electrons. The summed E-state index contributed by atoms with van der Waals surface area (Å²) in [6, 6.07) is 6.12. The molecule has 7 nitrogen and oxygen atoms in total. The van der Waals surface area contributed by atoms with Crippen LogP contribution in [0, 0.1) is 0 Å². The Morgan fingerprint density at radius 3 is 2.30 bits per heavy atom. The minimum atomic E-state index is -0.402. The number of nitrogens with zero attached hydrogens (tertiary/aromatic N) is 2. The van der Waals surface area contributed by atoms with Gasteiger partial charge < -0.3 is 19.0 Å². The van der Waals surface area contributed by atoms with E-state index < -0.39 is 5.60 Å². The average Bonchev–Trinajstić information content (AvgIpc) is 3.21. The van der Waals surface area contributed by atoms with E-state index in [1.54, 1.807) is 13.8 Å². The number of benzene rings is 1. The van der Waals surface area contributed by atoms with Crippen molar-refractivity contribution in [2.75, 3.05) is 12.4 Å². The highest BCUT2D eigenvalue weighted by atomic mass is 127. The second-order valence-corrected chi connectivity index (χ2v) is 12.3. The van der Waals surface area contributed by atoms with Gasteiger partial charge in [-0.05, 0) is 94.2 Å². The van der Waals surface area contributed by atoms with E-state index in [2.05, 4.69) is 71.9 Å². The van der Waals surface area contributed by atoms with Crippen LogP contribution in [-0.2, 0) is 20.5 Å². The molecule has 0 atom stereocenters. The summed E-state index contributed by atoms with van der Waals surface area (Å²) in [6.45, 7) is 18.6. The van der Waals surface area contributed by atoms with Crippen molar-refractivity contribution in [2.45, 2.75) is 85.5 Å². The summed E-state index contributed by atoms with van der Waals surface area (Å²) in [5, 5.41) is 0. The van der Waals surface area contributed by atoms with Crippen LogP contribution in [0.3, 0.4) is 0 Å². The first-order chi connectivity index (χ1) is 15.2. The van der Waals surface area contributed by atoms with E-state index in [0.717, 1.165) is 28.7 Å². The van der Waals surface area contributed by atoms with E-state index in [1.807, 2.05) is 39.8 Å². The predicted octanol–water partition coefficient (Wildman–Crippen LogP) is 5.71. The fraction of sp³-hybridized carbons (Fsp3) is 0.652. The number of fused-ring (bicyclic) bond motifs is 1. The number of hydrogen-bond acceptors (Lipinski definition) is 6. The number of ether oxygens (including phenoxy) is 1. The third-order valence-electron chi connectivity index (χ3n) is 5.65. The van der Waals surface area contributed by atoms with Gasteiger partial charge >= 0.3 is 13.2 Å². The van der Waals surface area contributed by atoms with E-state index >= 15 is 0 Å². The number of hydrogen-bond donors (Lipinski definition) is 1. The van der Waals surface area contributed by atoms with Crippen molar-refractivity contribution in [3.63, 3.8) is 0 Å². The summed E-state index contributed by atoms with van der Waals surface area (Å²) in [4.78, 5) is 21.0. The van der Waals surface area contributed by atoms with Gasteiger partial charge in [-0.1, -0.05) is 21.9 Å². The Kier molecular flexibility index (Phi) is 9.57. The van der Waals surface area contributed by atoms with Gasteiger partial charge in [0.1, 0.15) is 11.4 Å². The van der Waals surface area contributed by atoms with Gasteiger partial charge in [0.05, 0.1) is 28.1 Å². The molecule has 33 heavy (non-hydrogen) atoms. The highest BCUT2D eigenvalue weighted by Gasteiger charge is 2.51. The number of aromatic nitrogens is 2. The normalized spacial score (nSPS) is 17.0. The SMILES string of the molecule is CCN(CSI)C(=O)OC(C)(C)C.CCc1nc2ccc(B3OC(C)(C)C(C)(C)O3)cc2[nH]1. The molecule has 0 spiro atoms. The summed E-state index contributed by atoms with van der Waals surface area (Å²) in [5.74, 6) is 1.68. The minimum absolute atomic E-state index is 0.237. The Hall–Kier alpha value is -0.975. The van der Waals surface area contributed by atoms with Crippen LogP contribution in [0.15, 0.2) is 18.2 Å². The third kappa shape index (κ3) is 7.50. The molecule has 1 aliphatic heterocycles. The summed E-state index contributed by atoms with van der Waals surface area (Å²) in [6.07, 6.45) is 0.666. The second kappa shape index (κ2) is 11.2. The summed E-state index contributed by atoms with van der Waals surface area (Å²) in [7, 11) is 1.26. The molecule has 0 saturated carbocycles. The zero-order chi connectivity index (χ0) is 25.0. The number of carbonyl (C=O) groups excluding carboxylic acids is 1. The smallest absolute Gasteiger partial charge is 0.444 e. The van der Waals surface area contributed by atoms with E-state index in [9.17, 15) is 4.79 Å². The number of halogens is 1. The summed E-state index contributed by atoms with van der Waals surface area (Å²) < 4.78 is 17.4. The molecule has 2 heterocycles. The van der Waals surface area contributed by atoms with E-state index in [0.29, 0.717) is 12.4 Å². The van der Waals surface area contributed by atoms with Gasteiger partial charge in [-0.3, -0.25) is 4.90 Å². The van der Waals surface area contributed by atoms with Crippen LogP contribution in [0.1, 0.15) is 68.1 Å². The molecule has 1 N–H and O–H groups in total. The maximum absolute atomic E-state index is 11.5. The van der Waals surface area contributed by atoms with Crippen LogP contribution in [0.2, 0.25) is 0 Å². The number of aromatic amines is 1. The van der Waals surface area contributed by atoms with Gasteiger partial charge in [-0.15, -0.1) is 0 Å². The molecule has 3 rings (SSSR count). The maximum atomic E-state index is 11.5. The first kappa shape index (κ1) is 28.3. The monoisotopic (exact) mass is 589 g/mol. The van der Waals surface area contributed by atoms with Crippen molar-refractivity contribution < 1.29 is 18.8 Å². The summed E-state index contributed by atoms with van der Waals surface area (Å²) in [5.41, 5.74) is 2.03. The second-order valence-electron chi connectivity index (χ2n) is 9.98. The van der Waals surface area contributed by atoms with Crippen molar-refractivity contribution in [1.82, 2.24) is 14.9 Å². The lowest BCUT2D eigenvalue weighted by molar-refractivity contribution is 0.00578. The highest BCUT2D eigenvalue weighted by molar-refractivity contribution is 14.2. The van der Waals surface area contributed by atoms with Crippen molar-refractivity contribution in [3.05, 3.63) is 24.0 Å². The summed E-state index contributed by atoms with van der Waals surface area (Å²) >= 11 is 2.16. The number of aryl methyl sites for hydroxylation is 1. The Balaban J connectivity index is 0.000000260. The van der Waals surface area contributed by atoms with Crippen LogP contribution in [0.5, 0.6) is 0 Å². The average molecular weight is 589 g/mol. The molecule has 1 aromatic heterocycles. The molecule has 1 saturated heterocycles. The molecule has 0 bridgehead atoms. The largest absolute Gasteiger partial charge is 0.494 e. The van der Waals surface area contributed by atoms with E-state index in [-0.39, 0.29) is 24.4 Å². The predicted molar refractivity (Wildman–Crippen MR) is 146 cm³/mol. The molecular formula is C23H37BIN3O4S. The lowest BCUT2D eigenvalue weighted by Crippen LogP contribution is -2.41. The molecule has 10 heteroatoms. The number of H-pyrrole nitrogens is 1. The van der Waals surface area contributed by atoms with Gasteiger partial charge in [0.15, 0.2) is 0 Å². The van der Waals surface area contributed by atoms with Gasteiger partial charge in [-0.25, -0.2) is 9.78 Å². The third-order valence-corrected chi connectivity index (χ3v) is 6.90. The van der Waals surface area contributed by atoms with Crippen LogP contribution < -0.4 is 5.46 Å². The van der Waals surface area contributed by atoms with Gasteiger partial charge in [-0.2, -0.15) is 0 Å². The molecule has 2 aromatic rings. The zero-order valence-corrected chi connectivity index (χ0v) is 24.2. The van der Waals surface area contributed by atoms with Crippen molar-refractivity contribution in [2.24, 2.45) is 0 Å². The number of nitrogens with one attached hydrogen (secondary N) is 1. The topological polar surface area (TPSA) is 76.7 Å². The lowest BCUT2D eigenvalue weighted by atomic mass is 9.79. The fourth-order valence-electron chi connectivity index (χ4n) is 3.03. The number of imidazole rings is 1. The minimum Gasteiger partial charge on any atom is -0.444 e. The van der Waals surface area contributed by atoms with E-state index in [1.165, 1.54) is 0 Å². The fourth-order valence-corrected chi connectivity index (χ4v) is 4.45. The zero-order valence-electron chi connectivity index (χ0n) is 21.2. The first-order valence-electron chi connectivity index (χ1n) is 11.3. The quantitative estimate of drug-likeness (QED) is 0.274. The maximum Gasteiger partial charge on any atom is 0.494 e. The molecule has 0 radical (unpaired) electrons. The molecule has 1 aliphatic rings. The molecule has 1 amide bonds. The van der Waals surface area contributed by atoms with Crippen molar-refractivity contribution in [1.29, 1.82) is 0 Å². The van der Waals surface area contributed by atoms with Gasteiger partial charge in [0.2, 0.25) is 0 Å². The van der Waals surface area contributed by atoms with Gasteiger partial charge in [0.25, 0.3) is 0 Å². The standard InChI is InChI=1S/C15H21BN2O2.C8H16INO2S/c1-6-13-17-11-8-7-10(9-12(11)18-13)16-19-14(2,3)15(4,5)20-16;1-5-10(6-13-9)7(11)12-8(2,3)4/h7-9H,6H2,1-5H3,(H,17,18);5-6H2,1-4H3. The first-order valence-corrected chi connectivity index (χ1v) is 14.8. The van der Waals surface area contributed by atoms with Crippen LogP contribution in [0.4, 0.5) is 4.79 Å². The molecule has 0 aliphatic carbocycles. The van der Waals surface area contributed by atoms with Crippen LogP contribution in [-0.4, -0.2) is 57.3 Å². The van der Waals surface area contributed by atoms with Crippen LogP contribution >= 0.6 is 30.1 Å². The van der Waals surface area contributed by atoms with Crippen molar-refractivity contribution >= 4 is 59.8 Å². The lowest BCUT2D eigenvalue weighted by Gasteiger charge is -2.32. The Labute approximate surface area is 214 Å². The van der Waals surface area contributed by atoms with E-state index in [4.69, 9.17) is 14.0 Å². The molecule has 1 fully saturated rings. The Bertz CT molecular complexity index is 929. The number of amides is 1. The number of carbonyl (C=O) groups is 1. The highest BCUT2D eigenvalue weighted by Crippen LogP contribution is 2.36.